The van der Waals surface area contributed by atoms with Crippen molar-refractivity contribution in [2.45, 2.75) is 32.7 Å². The lowest BCUT2D eigenvalue weighted by atomic mass is 10.0. The summed E-state index contributed by atoms with van der Waals surface area (Å²) in [7, 11) is 0. The van der Waals surface area contributed by atoms with Gasteiger partial charge in [0.05, 0.1) is 6.04 Å². The molecule has 0 radical (unpaired) electrons. The van der Waals surface area contributed by atoms with Crippen molar-refractivity contribution in [3.8, 4) is 11.5 Å². The minimum absolute atomic E-state index is 0.0638. The van der Waals surface area contributed by atoms with Crippen LogP contribution in [0.4, 0.5) is 0 Å². The van der Waals surface area contributed by atoms with Crippen LogP contribution in [0.5, 0.6) is 11.5 Å². The number of carboxylic acids is 1. The second kappa shape index (κ2) is 9.62. The summed E-state index contributed by atoms with van der Waals surface area (Å²) in [5, 5.41) is 11.5. The number of hydrogen-bond donors (Lipinski definition) is 2. The molecule has 0 heterocycles. The Labute approximate surface area is 159 Å². The lowest BCUT2D eigenvalue weighted by molar-refractivity contribution is -0.139. The van der Waals surface area contributed by atoms with Crippen molar-refractivity contribution in [2.75, 3.05) is 13.2 Å². The number of aliphatic carboxylic acids is 1. The van der Waals surface area contributed by atoms with E-state index >= 15 is 0 Å². The Balaban J connectivity index is 1.84. The van der Waals surface area contributed by atoms with Gasteiger partial charge in [-0.05, 0) is 48.2 Å². The van der Waals surface area contributed by atoms with Crippen LogP contribution in [0.3, 0.4) is 0 Å². The SMILES string of the molecule is CC(C)c1cccc(OCC(=O)NC(C)c2ccc(OCC(=O)O)cc2)c1. The van der Waals surface area contributed by atoms with Crippen LogP contribution in [0.25, 0.3) is 0 Å². The highest BCUT2D eigenvalue weighted by molar-refractivity contribution is 5.78. The van der Waals surface area contributed by atoms with E-state index in [4.69, 9.17) is 14.6 Å². The molecular formula is C21H25NO5. The molecule has 2 aromatic rings. The average molecular weight is 371 g/mol. The maximum atomic E-state index is 12.1. The second-order valence-electron chi connectivity index (χ2n) is 6.56. The predicted molar refractivity (Wildman–Crippen MR) is 102 cm³/mol. The molecule has 0 aliphatic rings. The van der Waals surface area contributed by atoms with Crippen LogP contribution in [0, 0.1) is 0 Å². The maximum absolute atomic E-state index is 12.1. The Kier molecular flexibility index (Phi) is 7.23. The van der Waals surface area contributed by atoms with Gasteiger partial charge < -0.3 is 19.9 Å². The number of carbonyl (C=O) groups is 2. The number of carbonyl (C=O) groups excluding carboxylic acids is 1. The topological polar surface area (TPSA) is 84.9 Å². The number of nitrogens with one attached hydrogen (secondary N) is 1. The number of benzene rings is 2. The van der Waals surface area contributed by atoms with Crippen LogP contribution in [0.1, 0.15) is 43.9 Å². The van der Waals surface area contributed by atoms with E-state index in [0.717, 1.165) is 11.1 Å². The summed E-state index contributed by atoms with van der Waals surface area (Å²) in [5.41, 5.74) is 2.04. The largest absolute Gasteiger partial charge is 0.484 e. The van der Waals surface area contributed by atoms with Crippen LogP contribution in [-0.4, -0.2) is 30.2 Å². The second-order valence-corrected chi connectivity index (χ2v) is 6.56. The van der Waals surface area contributed by atoms with Gasteiger partial charge in [-0.1, -0.05) is 38.1 Å². The third-order valence-corrected chi connectivity index (χ3v) is 4.01. The summed E-state index contributed by atoms with van der Waals surface area (Å²) in [6, 6.07) is 14.4. The van der Waals surface area contributed by atoms with E-state index < -0.39 is 5.97 Å². The van der Waals surface area contributed by atoms with Gasteiger partial charge in [-0.25, -0.2) is 4.79 Å². The van der Waals surface area contributed by atoms with Gasteiger partial charge in [0.2, 0.25) is 0 Å². The number of hydrogen-bond acceptors (Lipinski definition) is 4. The van der Waals surface area contributed by atoms with Gasteiger partial charge in [0, 0.05) is 0 Å². The molecule has 0 aliphatic carbocycles. The highest BCUT2D eigenvalue weighted by Crippen LogP contribution is 2.20. The van der Waals surface area contributed by atoms with Gasteiger partial charge in [-0.3, -0.25) is 4.79 Å². The first-order valence-corrected chi connectivity index (χ1v) is 8.82. The Hall–Kier alpha value is -3.02. The zero-order chi connectivity index (χ0) is 19.8. The van der Waals surface area contributed by atoms with Gasteiger partial charge in [0.25, 0.3) is 5.91 Å². The standard InChI is InChI=1S/C21H25NO5/c1-14(2)17-5-4-6-19(11-17)26-12-20(23)22-15(3)16-7-9-18(10-8-16)27-13-21(24)25/h4-11,14-15H,12-13H2,1-3H3,(H,22,23)(H,24,25). The van der Waals surface area contributed by atoms with Crippen molar-refractivity contribution in [3.05, 3.63) is 59.7 Å². The van der Waals surface area contributed by atoms with Crippen LogP contribution in [0.2, 0.25) is 0 Å². The van der Waals surface area contributed by atoms with Crippen molar-refractivity contribution in [1.29, 1.82) is 0 Å². The van der Waals surface area contributed by atoms with Crippen molar-refractivity contribution in [3.63, 3.8) is 0 Å². The summed E-state index contributed by atoms with van der Waals surface area (Å²) in [6.07, 6.45) is 0. The van der Waals surface area contributed by atoms with Gasteiger partial charge in [-0.2, -0.15) is 0 Å². The summed E-state index contributed by atoms with van der Waals surface area (Å²) in [5.74, 6) is 0.282. The van der Waals surface area contributed by atoms with Gasteiger partial charge in [0.15, 0.2) is 13.2 Å². The fraction of sp³-hybridized carbons (Fsp3) is 0.333. The quantitative estimate of drug-likeness (QED) is 0.704. The van der Waals surface area contributed by atoms with Crippen molar-refractivity contribution < 1.29 is 24.2 Å². The molecule has 1 unspecified atom stereocenters. The Bertz CT molecular complexity index is 770. The van der Waals surface area contributed by atoms with Crippen LogP contribution in [0.15, 0.2) is 48.5 Å². The smallest absolute Gasteiger partial charge is 0.341 e. The Morgan fingerprint density at radius 3 is 2.22 bits per heavy atom. The molecule has 0 aliphatic heterocycles. The molecule has 144 valence electrons. The van der Waals surface area contributed by atoms with E-state index in [0.29, 0.717) is 17.4 Å². The average Bonchev–Trinajstić information content (AvgIpc) is 2.65. The minimum Gasteiger partial charge on any atom is -0.484 e. The van der Waals surface area contributed by atoms with E-state index in [9.17, 15) is 9.59 Å². The number of rotatable bonds is 9. The lowest BCUT2D eigenvalue weighted by Crippen LogP contribution is -2.31. The molecular weight excluding hydrogens is 346 g/mol. The summed E-state index contributed by atoms with van der Waals surface area (Å²) in [4.78, 5) is 22.6. The first kappa shape index (κ1) is 20.3. The molecule has 0 aromatic heterocycles. The van der Waals surface area contributed by atoms with Crippen molar-refractivity contribution in [2.24, 2.45) is 0 Å². The molecule has 6 nitrogen and oxygen atoms in total. The van der Waals surface area contributed by atoms with E-state index in [1.54, 1.807) is 24.3 Å². The Morgan fingerprint density at radius 2 is 1.59 bits per heavy atom. The van der Waals surface area contributed by atoms with E-state index in [1.165, 1.54) is 0 Å². The third kappa shape index (κ3) is 6.66. The fourth-order valence-electron chi connectivity index (χ4n) is 2.48. The molecule has 0 saturated heterocycles. The first-order valence-electron chi connectivity index (χ1n) is 8.82. The van der Waals surface area contributed by atoms with E-state index in [2.05, 4.69) is 19.2 Å². The van der Waals surface area contributed by atoms with E-state index in [1.807, 2.05) is 31.2 Å². The molecule has 0 bridgehead atoms. The maximum Gasteiger partial charge on any atom is 0.341 e. The zero-order valence-corrected chi connectivity index (χ0v) is 15.8. The van der Waals surface area contributed by atoms with Gasteiger partial charge in [0.1, 0.15) is 11.5 Å². The number of amides is 1. The fourth-order valence-corrected chi connectivity index (χ4v) is 2.48. The first-order chi connectivity index (χ1) is 12.8. The van der Waals surface area contributed by atoms with Crippen molar-refractivity contribution >= 4 is 11.9 Å². The molecule has 2 rings (SSSR count). The summed E-state index contributed by atoms with van der Waals surface area (Å²) < 4.78 is 10.7. The molecule has 27 heavy (non-hydrogen) atoms. The monoisotopic (exact) mass is 371 g/mol. The molecule has 2 aromatic carbocycles. The molecule has 2 N–H and O–H groups in total. The highest BCUT2D eigenvalue weighted by Gasteiger charge is 2.11. The van der Waals surface area contributed by atoms with Crippen LogP contribution < -0.4 is 14.8 Å². The molecule has 1 atom stereocenters. The summed E-state index contributed by atoms with van der Waals surface area (Å²) >= 11 is 0. The molecule has 1 amide bonds. The highest BCUT2D eigenvalue weighted by atomic mass is 16.5. The van der Waals surface area contributed by atoms with Gasteiger partial charge in [-0.15, -0.1) is 0 Å². The van der Waals surface area contributed by atoms with Crippen LogP contribution >= 0.6 is 0 Å². The number of ether oxygens (including phenoxy) is 2. The Morgan fingerprint density at radius 1 is 0.926 bits per heavy atom. The normalized spacial score (nSPS) is 11.7. The molecule has 0 spiro atoms. The van der Waals surface area contributed by atoms with Crippen LogP contribution in [-0.2, 0) is 9.59 Å². The zero-order valence-electron chi connectivity index (χ0n) is 15.8. The molecule has 0 saturated carbocycles. The van der Waals surface area contributed by atoms with E-state index in [-0.39, 0.29) is 25.2 Å². The molecule has 6 heteroatoms. The minimum atomic E-state index is -1.03. The van der Waals surface area contributed by atoms with Gasteiger partial charge >= 0.3 is 5.97 Å². The third-order valence-electron chi connectivity index (χ3n) is 4.01. The summed E-state index contributed by atoms with van der Waals surface area (Å²) in [6.45, 7) is 5.62. The number of carboxylic acid groups (broad SMARTS) is 1. The van der Waals surface area contributed by atoms with Crippen molar-refractivity contribution in [1.82, 2.24) is 5.32 Å². The molecule has 0 fully saturated rings. The lowest BCUT2D eigenvalue weighted by Gasteiger charge is -2.15. The predicted octanol–water partition coefficient (Wildman–Crippen LogP) is 3.53.